The lowest BCUT2D eigenvalue weighted by atomic mass is 10.1. The maximum Gasteiger partial charge on any atom is 0.246 e. The zero-order valence-electron chi connectivity index (χ0n) is 14.0. The van der Waals surface area contributed by atoms with Crippen LogP contribution in [0, 0.1) is 0 Å². The topological polar surface area (TPSA) is 56.1 Å². The Morgan fingerprint density at radius 2 is 1.76 bits per heavy atom. The third-order valence-electron chi connectivity index (χ3n) is 3.83. The first-order valence-electron chi connectivity index (χ1n) is 8.24. The summed E-state index contributed by atoms with van der Waals surface area (Å²) in [5, 5.41) is 7.14. The summed E-state index contributed by atoms with van der Waals surface area (Å²) in [6, 6.07) is 19.7. The van der Waals surface area contributed by atoms with Gasteiger partial charge in [-0.05, 0) is 22.8 Å². The summed E-state index contributed by atoms with van der Waals surface area (Å²) in [7, 11) is 0. The van der Waals surface area contributed by atoms with Crippen molar-refractivity contribution in [1.29, 1.82) is 0 Å². The maximum atomic E-state index is 12.0. The molecule has 0 aliphatic carbocycles. The Bertz CT molecular complexity index is 786. The van der Waals surface area contributed by atoms with Crippen molar-refractivity contribution in [2.24, 2.45) is 0 Å². The van der Waals surface area contributed by atoms with Crippen LogP contribution in [0.2, 0.25) is 0 Å². The molecule has 0 unspecified atom stereocenters. The number of carbonyl (C=O) groups is 1. The van der Waals surface area contributed by atoms with Gasteiger partial charge in [0, 0.05) is 18.9 Å². The lowest BCUT2D eigenvalue weighted by Crippen LogP contribution is -2.27. The number of benzene rings is 2. The van der Waals surface area contributed by atoms with Gasteiger partial charge in [-0.2, -0.15) is 5.10 Å². The van der Waals surface area contributed by atoms with E-state index in [0.29, 0.717) is 19.7 Å². The van der Waals surface area contributed by atoms with Gasteiger partial charge in [0.05, 0.1) is 13.2 Å². The molecule has 0 aliphatic rings. The van der Waals surface area contributed by atoms with Gasteiger partial charge < -0.3 is 10.1 Å². The third-order valence-corrected chi connectivity index (χ3v) is 3.83. The van der Waals surface area contributed by atoms with Crippen LogP contribution in [0.25, 0.3) is 0 Å². The van der Waals surface area contributed by atoms with Crippen molar-refractivity contribution in [2.75, 3.05) is 6.61 Å². The smallest absolute Gasteiger partial charge is 0.246 e. The molecule has 5 nitrogen and oxygen atoms in total. The first-order chi connectivity index (χ1) is 12.3. The molecule has 1 N–H and O–H groups in total. The molecule has 0 aliphatic heterocycles. The summed E-state index contributed by atoms with van der Waals surface area (Å²) in [5.74, 6) is -0.121. The number of hydrogen-bond donors (Lipinski definition) is 1. The van der Waals surface area contributed by atoms with E-state index in [0.717, 1.165) is 16.7 Å². The van der Waals surface area contributed by atoms with Gasteiger partial charge in [0.15, 0.2) is 0 Å². The van der Waals surface area contributed by atoms with Crippen molar-refractivity contribution in [2.45, 2.75) is 19.7 Å². The molecule has 25 heavy (non-hydrogen) atoms. The minimum Gasteiger partial charge on any atom is -0.367 e. The molecule has 1 heterocycles. The molecule has 0 atom stereocenters. The van der Waals surface area contributed by atoms with Crippen molar-refractivity contribution >= 4 is 5.91 Å². The van der Waals surface area contributed by atoms with E-state index in [2.05, 4.69) is 16.5 Å². The lowest BCUT2D eigenvalue weighted by Gasteiger charge is -2.11. The number of aromatic nitrogens is 2. The molecule has 1 amide bonds. The molecule has 1 aromatic heterocycles. The molecule has 0 bridgehead atoms. The Balaban J connectivity index is 1.47. The average Bonchev–Trinajstić information content (AvgIpc) is 3.15. The standard InChI is InChI=1S/C20H21N3O2/c24-20(16-25-15-17-7-2-1-3-8-17)21-13-18-9-4-5-10-19(18)14-23-12-6-11-22-23/h1-12H,13-16H2,(H,21,24). The molecule has 0 saturated carbocycles. The van der Waals surface area contributed by atoms with Crippen LogP contribution in [-0.4, -0.2) is 22.3 Å². The van der Waals surface area contributed by atoms with E-state index < -0.39 is 0 Å². The molecule has 128 valence electrons. The SMILES string of the molecule is O=C(COCc1ccccc1)NCc1ccccc1Cn1cccn1. The highest BCUT2D eigenvalue weighted by Crippen LogP contribution is 2.10. The molecule has 0 spiro atoms. The van der Waals surface area contributed by atoms with Gasteiger partial charge in [-0.25, -0.2) is 0 Å². The summed E-state index contributed by atoms with van der Waals surface area (Å²) in [6.45, 7) is 1.65. The number of carbonyl (C=O) groups excluding carboxylic acids is 1. The molecule has 5 heteroatoms. The Hall–Kier alpha value is -2.92. The first-order valence-corrected chi connectivity index (χ1v) is 8.24. The van der Waals surface area contributed by atoms with Gasteiger partial charge in [-0.3, -0.25) is 9.48 Å². The van der Waals surface area contributed by atoms with Crippen molar-refractivity contribution < 1.29 is 9.53 Å². The van der Waals surface area contributed by atoms with Gasteiger partial charge in [0.25, 0.3) is 0 Å². The molecule has 0 radical (unpaired) electrons. The Morgan fingerprint density at radius 1 is 1.00 bits per heavy atom. The Morgan fingerprint density at radius 3 is 2.52 bits per heavy atom. The Kier molecular flexibility index (Phi) is 5.96. The van der Waals surface area contributed by atoms with E-state index in [1.54, 1.807) is 6.20 Å². The number of hydrogen-bond acceptors (Lipinski definition) is 3. The monoisotopic (exact) mass is 335 g/mol. The van der Waals surface area contributed by atoms with E-state index in [-0.39, 0.29) is 12.5 Å². The summed E-state index contributed by atoms with van der Waals surface area (Å²) in [4.78, 5) is 12.0. The number of nitrogens with one attached hydrogen (secondary N) is 1. The first kappa shape index (κ1) is 16.9. The van der Waals surface area contributed by atoms with Crippen LogP contribution in [0.1, 0.15) is 16.7 Å². The van der Waals surface area contributed by atoms with Gasteiger partial charge in [-0.15, -0.1) is 0 Å². The quantitative estimate of drug-likeness (QED) is 0.689. The predicted octanol–water partition coefficient (Wildman–Crippen LogP) is 2.76. The van der Waals surface area contributed by atoms with Crippen LogP contribution in [0.5, 0.6) is 0 Å². The van der Waals surface area contributed by atoms with E-state index in [4.69, 9.17) is 4.74 Å². The number of ether oxygens (including phenoxy) is 1. The van der Waals surface area contributed by atoms with E-state index >= 15 is 0 Å². The predicted molar refractivity (Wildman–Crippen MR) is 95.7 cm³/mol. The van der Waals surface area contributed by atoms with Gasteiger partial charge >= 0.3 is 0 Å². The van der Waals surface area contributed by atoms with E-state index in [1.165, 1.54) is 0 Å². The van der Waals surface area contributed by atoms with Crippen LogP contribution in [0.3, 0.4) is 0 Å². The molecular formula is C20H21N3O2. The lowest BCUT2D eigenvalue weighted by molar-refractivity contribution is -0.126. The summed E-state index contributed by atoms with van der Waals surface area (Å²) in [5.41, 5.74) is 3.27. The molecule has 0 saturated heterocycles. The minimum absolute atomic E-state index is 0.0518. The molecule has 3 rings (SSSR count). The fraction of sp³-hybridized carbons (Fsp3) is 0.200. The van der Waals surface area contributed by atoms with Gasteiger partial charge in [0.1, 0.15) is 6.61 Å². The van der Waals surface area contributed by atoms with Crippen LogP contribution >= 0.6 is 0 Å². The molecule has 3 aromatic rings. The van der Waals surface area contributed by atoms with Gasteiger partial charge in [0.2, 0.25) is 5.91 Å². The molecule has 2 aromatic carbocycles. The highest BCUT2D eigenvalue weighted by atomic mass is 16.5. The number of amides is 1. The maximum absolute atomic E-state index is 12.0. The normalized spacial score (nSPS) is 10.6. The van der Waals surface area contributed by atoms with Gasteiger partial charge in [-0.1, -0.05) is 54.6 Å². The molecule has 0 fully saturated rings. The van der Waals surface area contributed by atoms with Crippen LogP contribution in [0.15, 0.2) is 73.1 Å². The van der Waals surface area contributed by atoms with E-state index in [9.17, 15) is 4.79 Å². The second kappa shape index (κ2) is 8.80. The number of rotatable bonds is 8. The number of nitrogens with zero attached hydrogens (tertiary/aromatic N) is 2. The van der Waals surface area contributed by atoms with Crippen molar-refractivity contribution in [3.8, 4) is 0 Å². The fourth-order valence-electron chi connectivity index (χ4n) is 2.53. The van der Waals surface area contributed by atoms with Crippen molar-refractivity contribution in [3.05, 3.63) is 89.7 Å². The second-order valence-electron chi connectivity index (χ2n) is 5.73. The fourth-order valence-corrected chi connectivity index (χ4v) is 2.53. The second-order valence-corrected chi connectivity index (χ2v) is 5.73. The highest BCUT2D eigenvalue weighted by Gasteiger charge is 2.06. The third kappa shape index (κ3) is 5.29. The van der Waals surface area contributed by atoms with Crippen molar-refractivity contribution in [1.82, 2.24) is 15.1 Å². The van der Waals surface area contributed by atoms with Crippen molar-refractivity contribution in [3.63, 3.8) is 0 Å². The summed E-state index contributed by atoms with van der Waals surface area (Å²) in [6.07, 6.45) is 3.68. The van der Waals surface area contributed by atoms with E-state index in [1.807, 2.05) is 65.5 Å². The highest BCUT2D eigenvalue weighted by molar-refractivity contribution is 5.77. The van der Waals surface area contributed by atoms with Crippen LogP contribution in [0.4, 0.5) is 0 Å². The Labute approximate surface area is 147 Å². The van der Waals surface area contributed by atoms with Crippen LogP contribution < -0.4 is 5.32 Å². The largest absolute Gasteiger partial charge is 0.367 e. The summed E-state index contributed by atoms with van der Waals surface area (Å²) >= 11 is 0. The van der Waals surface area contributed by atoms with Crippen LogP contribution in [-0.2, 0) is 29.2 Å². The minimum atomic E-state index is -0.121. The zero-order chi connectivity index (χ0) is 17.3. The summed E-state index contributed by atoms with van der Waals surface area (Å²) < 4.78 is 7.32. The zero-order valence-corrected chi connectivity index (χ0v) is 14.0. The average molecular weight is 335 g/mol. The molecular weight excluding hydrogens is 314 g/mol.